The van der Waals surface area contributed by atoms with Crippen LogP contribution in [0.25, 0.3) is 0 Å². The maximum atomic E-state index is 6.15. The van der Waals surface area contributed by atoms with E-state index in [-0.39, 0.29) is 16.3 Å². The van der Waals surface area contributed by atoms with Crippen LogP contribution in [0.2, 0.25) is 20.6 Å². The molecular weight excluding hydrogens is 626 g/mol. The quantitative estimate of drug-likeness (QED) is 0.198. The first-order valence-corrected chi connectivity index (χ1v) is 15.8. The molecule has 2 fully saturated rings. The summed E-state index contributed by atoms with van der Waals surface area (Å²) in [6, 6.07) is 17.7. The van der Waals surface area contributed by atoms with Gasteiger partial charge in [-0.25, -0.2) is 9.97 Å². The second kappa shape index (κ2) is 13.9. The van der Waals surface area contributed by atoms with Crippen LogP contribution in [0.15, 0.2) is 48.5 Å². The van der Waals surface area contributed by atoms with Gasteiger partial charge in [-0.15, -0.1) is 0 Å². The maximum Gasteiger partial charge on any atom is 0.228 e. The lowest BCUT2D eigenvalue weighted by Crippen LogP contribution is -2.25. The third kappa shape index (κ3) is 7.12. The SMILES string of the molecule is COc1c(Cl)nc(N2CCCC2c2ccc(C)cc2)nc1Cl.Cc1ccc(C2CCCN2c2nc(Cl)c(C)c(Cl)n2)cc1. The molecule has 4 aromatic rings. The Labute approximate surface area is 273 Å². The number of benzene rings is 2. The number of halogens is 4. The highest BCUT2D eigenvalue weighted by molar-refractivity contribution is 6.36. The summed E-state index contributed by atoms with van der Waals surface area (Å²) < 4.78 is 5.11. The molecule has 6 rings (SSSR count). The van der Waals surface area contributed by atoms with Crippen molar-refractivity contribution < 1.29 is 4.74 Å². The van der Waals surface area contributed by atoms with Gasteiger partial charge in [-0.3, -0.25) is 0 Å². The van der Waals surface area contributed by atoms with Crippen molar-refractivity contribution in [1.29, 1.82) is 0 Å². The third-order valence-corrected chi connectivity index (χ3v) is 9.18. The van der Waals surface area contributed by atoms with Crippen LogP contribution >= 0.6 is 46.4 Å². The van der Waals surface area contributed by atoms with E-state index in [1.807, 2.05) is 6.92 Å². The van der Waals surface area contributed by atoms with E-state index in [0.29, 0.717) is 34.0 Å². The molecule has 2 aliphatic heterocycles. The molecule has 0 amide bonds. The minimum atomic E-state index is 0.243. The molecule has 2 unspecified atom stereocenters. The van der Waals surface area contributed by atoms with Crippen LogP contribution in [0.3, 0.4) is 0 Å². The van der Waals surface area contributed by atoms with Crippen molar-refractivity contribution in [1.82, 2.24) is 19.9 Å². The normalized spacial score (nSPS) is 18.0. The molecule has 2 aromatic carbocycles. The number of methoxy groups -OCH3 is 1. The van der Waals surface area contributed by atoms with Crippen LogP contribution in [0.5, 0.6) is 5.75 Å². The van der Waals surface area contributed by atoms with Gasteiger partial charge in [0.25, 0.3) is 0 Å². The second-order valence-electron chi connectivity index (χ2n) is 10.9. The number of anilines is 2. The van der Waals surface area contributed by atoms with Gasteiger partial charge in [0.1, 0.15) is 10.3 Å². The zero-order chi connectivity index (χ0) is 30.7. The largest absolute Gasteiger partial charge is 0.491 e. The Kier molecular flexibility index (Phi) is 10.2. The maximum absolute atomic E-state index is 6.15. The van der Waals surface area contributed by atoms with Gasteiger partial charge in [0, 0.05) is 18.7 Å². The van der Waals surface area contributed by atoms with Crippen LogP contribution in [0.1, 0.15) is 65.6 Å². The predicted octanol–water partition coefficient (Wildman–Crippen LogP) is 9.18. The van der Waals surface area contributed by atoms with Gasteiger partial charge in [-0.05, 0) is 57.6 Å². The van der Waals surface area contributed by atoms with Crippen LogP contribution < -0.4 is 14.5 Å². The average molecular weight is 660 g/mol. The monoisotopic (exact) mass is 658 g/mol. The number of aryl methyl sites for hydroxylation is 2. The van der Waals surface area contributed by atoms with E-state index < -0.39 is 0 Å². The van der Waals surface area contributed by atoms with Gasteiger partial charge >= 0.3 is 0 Å². The molecule has 0 saturated carbocycles. The lowest BCUT2D eigenvalue weighted by molar-refractivity contribution is 0.411. The molecule has 2 atom stereocenters. The molecule has 0 N–H and O–H groups in total. The van der Waals surface area contributed by atoms with Crippen molar-refractivity contribution in [2.24, 2.45) is 0 Å². The molecule has 11 heteroatoms. The zero-order valence-electron chi connectivity index (χ0n) is 24.6. The molecule has 0 aliphatic carbocycles. The summed E-state index contributed by atoms with van der Waals surface area (Å²) in [7, 11) is 1.50. The first-order chi connectivity index (χ1) is 20.7. The topological polar surface area (TPSA) is 67.3 Å². The number of hydrogen-bond acceptors (Lipinski definition) is 7. The molecule has 0 spiro atoms. The summed E-state index contributed by atoms with van der Waals surface area (Å²) >= 11 is 24.6. The first kappa shape index (κ1) is 31.6. The highest BCUT2D eigenvalue weighted by atomic mass is 35.5. The number of hydrogen-bond donors (Lipinski definition) is 0. The molecule has 226 valence electrons. The van der Waals surface area contributed by atoms with Crippen molar-refractivity contribution in [3.63, 3.8) is 0 Å². The Morgan fingerprint density at radius 1 is 0.605 bits per heavy atom. The standard InChI is InChI=1S/C16H17Cl2N3O.C16H17Cl2N3/c1-10-5-7-11(8-6-10)12-4-3-9-21(12)16-19-14(17)13(22-2)15(18)20-16;1-10-5-7-12(8-6-10)13-4-3-9-21(13)16-19-14(17)11(2)15(18)20-16/h5-8,12H,3-4,9H2,1-2H3;5-8,13H,3-4,9H2,1-2H3. The highest BCUT2D eigenvalue weighted by Gasteiger charge is 2.30. The molecule has 0 bridgehead atoms. The molecule has 0 radical (unpaired) electrons. The Balaban J connectivity index is 0.000000171. The van der Waals surface area contributed by atoms with Gasteiger partial charge < -0.3 is 14.5 Å². The molecular formula is C32H34Cl4N6O. The van der Waals surface area contributed by atoms with Crippen LogP contribution in [0, 0.1) is 20.8 Å². The highest BCUT2D eigenvalue weighted by Crippen LogP contribution is 2.39. The Morgan fingerprint density at radius 2 is 0.977 bits per heavy atom. The summed E-state index contributed by atoms with van der Waals surface area (Å²) in [5.74, 6) is 1.50. The number of aromatic nitrogens is 4. The summed E-state index contributed by atoms with van der Waals surface area (Å²) in [5.41, 5.74) is 5.79. The van der Waals surface area contributed by atoms with Gasteiger partial charge in [-0.1, -0.05) is 106 Å². The van der Waals surface area contributed by atoms with E-state index in [1.54, 1.807) is 0 Å². The molecule has 2 aliphatic rings. The van der Waals surface area contributed by atoms with Crippen LogP contribution in [-0.2, 0) is 0 Å². The van der Waals surface area contributed by atoms with E-state index in [2.05, 4.69) is 92.1 Å². The summed E-state index contributed by atoms with van der Waals surface area (Å²) in [6.07, 6.45) is 4.36. The van der Waals surface area contributed by atoms with Crippen molar-refractivity contribution in [3.8, 4) is 5.75 Å². The number of rotatable bonds is 5. The van der Waals surface area contributed by atoms with Crippen LogP contribution in [-0.4, -0.2) is 40.1 Å². The Bertz CT molecular complexity index is 1520. The third-order valence-electron chi connectivity index (χ3n) is 7.93. The van der Waals surface area contributed by atoms with E-state index in [1.165, 1.54) is 29.4 Å². The minimum absolute atomic E-state index is 0.243. The van der Waals surface area contributed by atoms with Gasteiger partial charge in [0.05, 0.1) is 19.2 Å². The van der Waals surface area contributed by atoms with Crippen molar-refractivity contribution in [2.45, 2.75) is 58.5 Å². The Hall–Kier alpha value is -2.84. The fourth-order valence-corrected chi connectivity index (χ4v) is 6.46. The molecule has 2 aromatic heterocycles. The van der Waals surface area contributed by atoms with E-state index in [9.17, 15) is 0 Å². The van der Waals surface area contributed by atoms with Crippen molar-refractivity contribution >= 4 is 58.3 Å². The van der Waals surface area contributed by atoms with Crippen molar-refractivity contribution in [2.75, 3.05) is 30.0 Å². The van der Waals surface area contributed by atoms with E-state index in [4.69, 9.17) is 51.1 Å². The van der Waals surface area contributed by atoms with Gasteiger partial charge in [0.15, 0.2) is 16.1 Å². The lowest BCUT2D eigenvalue weighted by Gasteiger charge is -2.25. The number of ether oxygens (including phenoxy) is 1. The minimum Gasteiger partial charge on any atom is -0.491 e. The van der Waals surface area contributed by atoms with E-state index in [0.717, 1.165) is 44.3 Å². The fraction of sp³-hybridized carbons (Fsp3) is 0.375. The van der Waals surface area contributed by atoms with Gasteiger partial charge in [0.2, 0.25) is 11.9 Å². The average Bonchev–Trinajstić information content (AvgIpc) is 3.67. The second-order valence-corrected chi connectivity index (χ2v) is 12.3. The lowest BCUT2D eigenvalue weighted by atomic mass is 10.0. The Morgan fingerprint density at radius 3 is 1.35 bits per heavy atom. The summed E-state index contributed by atoms with van der Waals surface area (Å²) in [6.45, 7) is 7.82. The van der Waals surface area contributed by atoms with E-state index >= 15 is 0 Å². The number of nitrogens with zero attached hydrogens (tertiary/aromatic N) is 6. The smallest absolute Gasteiger partial charge is 0.228 e. The fourth-order valence-electron chi connectivity index (χ4n) is 5.55. The first-order valence-electron chi connectivity index (χ1n) is 14.3. The molecule has 43 heavy (non-hydrogen) atoms. The summed E-state index contributed by atoms with van der Waals surface area (Å²) in [4.78, 5) is 21.9. The summed E-state index contributed by atoms with van der Waals surface area (Å²) in [5, 5.41) is 1.35. The molecule has 2 saturated heterocycles. The van der Waals surface area contributed by atoms with Gasteiger partial charge in [-0.2, -0.15) is 9.97 Å². The zero-order valence-corrected chi connectivity index (χ0v) is 27.6. The molecule has 4 heterocycles. The molecule has 7 nitrogen and oxygen atoms in total. The van der Waals surface area contributed by atoms with Crippen LogP contribution in [0.4, 0.5) is 11.9 Å². The predicted molar refractivity (Wildman–Crippen MR) is 176 cm³/mol. The van der Waals surface area contributed by atoms with Crippen molar-refractivity contribution in [3.05, 3.63) is 97.0 Å².